The van der Waals surface area contributed by atoms with Crippen molar-refractivity contribution < 1.29 is 4.79 Å². The Hall–Kier alpha value is -2.54. The van der Waals surface area contributed by atoms with Crippen LogP contribution in [0.3, 0.4) is 0 Å². The van der Waals surface area contributed by atoms with Crippen LogP contribution in [0, 0.1) is 0 Å². The number of amides is 1. The molecule has 0 atom stereocenters. The van der Waals surface area contributed by atoms with Crippen molar-refractivity contribution in [3.8, 4) is 0 Å². The van der Waals surface area contributed by atoms with Crippen LogP contribution in [-0.2, 0) is 17.8 Å². The molecule has 6 nitrogen and oxygen atoms in total. The van der Waals surface area contributed by atoms with Crippen molar-refractivity contribution in [2.75, 3.05) is 5.32 Å². The van der Waals surface area contributed by atoms with Crippen LogP contribution in [0.4, 0.5) is 5.13 Å². The van der Waals surface area contributed by atoms with E-state index in [-0.39, 0.29) is 17.9 Å². The van der Waals surface area contributed by atoms with Crippen molar-refractivity contribution in [1.29, 1.82) is 0 Å². The number of hydrogen-bond acceptors (Lipinski definition) is 5. The van der Waals surface area contributed by atoms with E-state index in [1.54, 1.807) is 16.8 Å². The Labute approximate surface area is 149 Å². The predicted molar refractivity (Wildman–Crippen MR) is 100.0 cm³/mol. The van der Waals surface area contributed by atoms with Gasteiger partial charge < -0.3 is 4.57 Å². The Bertz CT molecular complexity index is 932. The molecule has 7 heteroatoms. The minimum Gasteiger partial charge on any atom is -0.338 e. The highest BCUT2D eigenvalue weighted by Gasteiger charge is 2.10. The molecule has 0 aliphatic heterocycles. The first kappa shape index (κ1) is 17.3. The number of unbranched alkanes of at least 4 members (excludes halogenated alkanes) is 2. The molecule has 0 saturated carbocycles. The topological polar surface area (TPSA) is 76.9 Å². The van der Waals surface area contributed by atoms with Gasteiger partial charge in [0, 0.05) is 24.1 Å². The average Bonchev–Trinajstić information content (AvgIpc) is 3.05. The number of nitrogens with zero attached hydrogens (tertiary/aromatic N) is 3. The van der Waals surface area contributed by atoms with E-state index in [1.165, 1.54) is 23.8 Å². The molecular weight excluding hydrogens is 336 g/mol. The minimum atomic E-state index is -0.190. The highest BCUT2D eigenvalue weighted by atomic mass is 32.1. The first-order valence-corrected chi connectivity index (χ1v) is 9.19. The van der Waals surface area contributed by atoms with Gasteiger partial charge in [0.2, 0.25) is 11.0 Å². The zero-order valence-electron chi connectivity index (χ0n) is 14.1. The maximum Gasteiger partial charge on any atom is 0.246 e. The van der Waals surface area contributed by atoms with Crippen molar-refractivity contribution in [3.63, 3.8) is 0 Å². The number of para-hydroxylation sites is 1. The van der Waals surface area contributed by atoms with Gasteiger partial charge in [-0.3, -0.25) is 14.9 Å². The summed E-state index contributed by atoms with van der Waals surface area (Å²) in [7, 11) is 0. The fraction of sp³-hybridized carbons (Fsp3) is 0.333. The summed E-state index contributed by atoms with van der Waals surface area (Å²) in [4.78, 5) is 24.2. The molecule has 0 unspecified atom stereocenters. The summed E-state index contributed by atoms with van der Waals surface area (Å²) in [6.07, 6.45) is 5.95. The van der Waals surface area contributed by atoms with E-state index in [2.05, 4.69) is 22.4 Å². The molecule has 1 amide bonds. The zero-order valence-corrected chi connectivity index (χ0v) is 14.9. The Morgan fingerprint density at radius 2 is 2.04 bits per heavy atom. The molecule has 0 bridgehead atoms. The van der Waals surface area contributed by atoms with Crippen LogP contribution in [0.5, 0.6) is 0 Å². The van der Waals surface area contributed by atoms with Gasteiger partial charge in [-0.1, -0.05) is 43.2 Å². The number of aryl methyl sites for hydroxylation is 1. The molecule has 0 radical (unpaired) electrons. The molecule has 3 rings (SSSR count). The molecule has 1 N–H and O–H groups in total. The van der Waals surface area contributed by atoms with E-state index < -0.39 is 0 Å². The van der Waals surface area contributed by atoms with Gasteiger partial charge in [-0.05, 0) is 18.6 Å². The van der Waals surface area contributed by atoms with Crippen molar-refractivity contribution >= 4 is 33.3 Å². The van der Waals surface area contributed by atoms with Crippen LogP contribution in [0.2, 0.25) is 0 Å². The fourth-order valence-electron chi connectivity index (χ4n) is 2.64. The number of carbonyl (C=O) groups is 1. The second-order valence-electron chi connectivity index (χ2n) is 5.83. The first-order chi connectivity index (χ1) is 12.2. The lowest BCUT2D eigenvalue weighted by Crippen LogP contribution is -2.20. The molecule has 0 fully saturated rings. The molecule has 25 heavy (non-hydrogen) atoms. The Morgan fingerprint density at radius 1 is 1.20 bits per heavy atom. The third-order valence-corrected chi connectivity index (χ3v) is 4.80. The Kier molecular flexibility index (Phi) is 5.55. The highest BCUT2D eigenvalue weighted by molar-refractivity contribution is 7.15. The maximum atomic E-state index is 12.3. The van der Waals surface area contributed by atoms with E-state index in [0.29, 0.717) is 10.5 Å². The largest absolute Gasteiger partial charge is 0.338 e. The quantitative estimate of drug-likeness (QED) is 0.660. The molecule has 0 aliphatic rings. The maximum absolute atomic E-state index is 12.3. The second-order valence-corrected chi connectivity index (χ2v) is 6.89. The zero-order chi connectivity index (χ0) is 17.6. The van der Waals surface area contributed by atoms with Gasteiger partial charge in [0.1, 0.15) is 11.6 Å². The summed E-state index contributed by atoms with van der Waals surface area (Å²) < 4.78 is 1.76. The third kappa shape index (κ3) is 4.30. The number of carbonyl (C=O) groups excluding carboxylic acids is 1. The lowest BCUT2D eigenvalue weighted by Gasteiger charge is -2.09. The first-order valence-electron chi connectivity index (χ1n) is 8.38. The van der Waals surface area contributed by atoms with Gasteiger partial charge in [0.05, 0.1) is 5.52 Å². The third-order valence-electron chi connectivity index (χ3n) is 3.91. The molecule has 130 valence electrons. The molecule has 3 aromatic rings. The predicted octanol–water partition coefficient (Wildman–Crippen LogP) is 3.22. The van der Waals surface area contributed by atoms with Gasteiger partial charge in [-0.2, -0.15) is 0 Å². The van der Waals surface area contributed by atoms with Gasteiger partial charge in [0.25, 0.3) is 0 Å². The van der Waals surface area contributed by atoms with Crippen molar-refractivity contribution in [2.24, 2.45) is 0 Å². The highest BCUT2D eigenvalue weighted by Crippen LogP contribution is 2.18. The number of anilines is 1. The lowest BCUT2D eigenvalue weighted by molar-refractivity contribution is -0.116. The molecular formula is C18H20N4O2S. The summed E-state index contributed by atoms with van der Waals surface area (Å²) in [6, 6.07) is 8.74. The average molecular weight is 356 g/mol. The summed E-state index contributed by atoms with van der Waals surface area (Å²) >= 11 is 1.41. The van der Waals surface area contributed by atoms with Crippen LogP contribution in [0.25, 0.3) is 10.9 Å². The lowest BCUT2D eigenvalue weighted by atomic mass is 10.2. The molecule has 2 aromatic heterocycles. The minimum absolute atomic E-state index is 0.0481. The van der Waals surface area contributed by atoms with Gasteiger partial charge >= 0.3 is 0 Å². The molecule has 1 aromatic carbocycles. The monoisotopic (exact) mass is 356 g/mol. The SMILES string of the molecule is CCCCCc1nnc(NC(=O)Cn2ccc(=O)c3ccccc32)s1. The van der Waals surface area contributed by atoms with E-state index >= 15 is 0 Å². The smallest absolute Gasteiger partial charge is 0.246 e. The van der Waals surface area contributed by atoms with E-state index in [1.807, 2.05) is 18.2 Å². The van der Waals surface area contributed by atoms with Crippen LogP contribution in [0.1, 0.15) is 31.2 Å². The van der Waals surface area contributed by atoms with Crippen molar-refractivity contribution in [2.45, 2.75) is 39.2 Å². The van der Waals surface area contributed by atoms with E-state index in [4.69, 9.17) is 0 Å². The fourth-order valence-corrected chi connectivity index (χ4v) is 3.44. The number of hydrogen-bond donors (Lipinski definition) is 1. The molecule has 0 spiro atoms. The second kappa shape index (κ2) is 8.02. The molecule has 2 heterocycles. The van der Waals surface area contributed by atoms with Gasteiger partial charge in [-0.15, -0.1) is 10.2 Å². The van der Waals surface area contributed by atoms with Gasteiger partial charge in [-0.25, -0.2) is 0 Å². The van der Waals surface area contributed by atoms with Crippen molar-refractivity contribution in [3.05, 3.63) is 51.8 Å². The van der Waals surface area contributed by atoms with Gasteiger partial charge in [0.15, 0.2) is 5.43 Å². The van der Waals surface area contributed by atoms with Crippen LogP contribution >= 0.6 is 11.3 Å². The standard InChI is InChI=1S/C18H20N4O2S/c1-2-3-4-9-17-20-21-18(25-17)19-16(24)12-22-11-10-15(23)13-7-5-6-8-14(13)22/h5-8,10-11H,2-4,9,12H2,1H3,(H,19,21,24). The summed E-state index contributed by atoms with van der Waals surface area (Å²) in [5.41, 5.74) is 0.691. The Morgan fingerprint density at radius 3 is 2.88 bits per heavy atom. The molecule has 0 aliphatic carbocycles. The normalized spacial score (nSPS) is 10.9. The van der Waals surface area contributed by atoms with Crippen LogP contribution < -0.4 is 10.7 Å². The van der Waals surface area contributed by atoms with Crippen LogP contribution in [-0.4, -0.2) is 20.7 Å². The summed E-state index contributed by atoms with van der Waals surface area (Å²) in [6.45, 7) is 2.28. The number of nitrogens with one attached hydrogen (secondary N) is 1. The van der Waals surface area contributed by atoms with E-state index in [9.17, 15) is 9.59 Å². The number of aromatic nitrogens is 3. The summed E-state index contributed by atoms with van der Waals surface area (Å²) in [5.74, 6) is -0.190. The van der Waals surface area contributed by atoms with E-state index in [0.717, 1.165) is 29.8 Å². The number of pyridine rings is 1. The van der Waals surface area contributed by atoms with Crippen molar-refractivity contribution in [1.82, 2.24) is 14.8 Å². The summed E-state index contributed by atoms with van der Waals surface area (Å²) in [5, 5.41) is 13.0. The number of rotatable bonds is 7. The molecule has 0 saturated heterocycles. The number of fused-ring (bicyclic) bond motifs is 1. The Balaban J connectivity index is 1.67. The van der Waals surface area contributed by atoms with Crippen LogP contribution in [0.15, 0.2) is 41.3 Å². The number of benzene rings is 1.